The molecular weight excluding hydrogens is 324 g/mol. The molecule has 132 valence electrons. The Morgan fingerprint density at radius 2 is 1.88 bits per heavy atom. The van der Waals surface area contributed by atoms with Gasteiger partial charge in [-0.1, -0.05) is 48.5 Å². The minimum atomic E-state index is -0.220. The number of aryl methyl sites for hydroxylation is 1. The highest BCUT2D eigenvalue weighted by Gasteiger charge is 2.33. The largest absolute Gasteiger partial charge is 0.324 e. The van der Waals surface area contributed by atoms with E-state index < -0.39 is 0 Å². The highest BCUT2D eigenvalue weighted by molar-refractivity contribution is 5.96. The fraction of sp³-hybridized carbons (Fsp3) is 0.238. The Morgan fingerprint density at radius 3 is 2.69 bits per heavy atom. The van der Waals surface area contributed by atoms with Crippen LogP contribution in [0.5, 0.6) is 0 Å². The second kappa shape index (κ2) is 6.77. The number of rotatable bonds is 4. The third-order valence-corrected chi connectivity index (χ3v) is 5.06. The fourth-order valence-corrected chi connectivity index (χ4v) is 3.61. The summed E-state index contributed by atoms with van der Waals surface area (Å²) < 4.78 is 1.84. The molecular formula is C21H22N4O. The number of nitrogens with two attached hydrogens (primary N) is 1. The Morgan fingerprint density at radius 1 is 1.15 bits per heavy atom. The van der Waals surface area contributed by atoms with Crippen molar-refractivity contribution in [2.75, 3.05) is 5.32 Å². The van der Waals surface area contributed by atoms with Gasteiger partial charge in [0.25, 0.3) is 0 Å². The minimum absolute atomic E-state index is 0.0495. The number of hydrogen-bond acceptors (Lipinski definition) is 3. The van der Waals surface area contributed by atoms with Crippen LogP contribution in [0, 0.1) is 6.92 Å². The summed E-state index contributed by atoms with van der Waals surface area (Å²) in [6.45, 7) is 2.77. The molecule has 1 aromatic heterocycles. The molecule has 0 saturated carbocycles. The maximum Gasteiger partial charge on any atom is 0.233 e. The van der Waals surface area contributed by atoms with Gasteiger partial charge in [-0.05, 0) is 35.6 Å². The normalized spacial score (nSPS) is 18.5. The number of nitrogens with one attached hydrogen (secondary N) is 1. The van der Waals surface area contributed by atoms with Crippen LogP contribution in [0.15, 0.2) is 60.8 Å². The fourth-order valence-electron chi connectivity index (χ4n) is 3.61. The number of fused-ring (bicyclic) bond motifs is 1. The number of nitrogens with zero attached hydrogens (tertiary/aromatic N) is 2. The predicted octanol–water partition coefficient (Wildman–Crippen LogP) is 3.37. The first-order valence-electron chi connectivity index (χ1n) is 8.85. The molecule has 2 atom stereocenters. The van der Waals surface area contributed by atoms with Crippen LogP contribution < -0.4 is 11.1 Å². The predicted molar refractivity (Wildman–Crippen MR) is 102 cm³/mol. The van der Waals surface area contributed by atoms with Gasteiger partial charge in [-0.3, -0.25) is 9.48 Å². The van der Waals surface area contributed by atoms with Crippen molar-refractivity contribution < 1.29 is 4.79 Å². The van der Waals surface area contributed by atoms with Crippen molar-refractivity contribution in [2.45, 2.75) is 31.8 Å². The summed E-state index contributed by atoms with van der Waals surface area (Å²) in [7, 11) is 0. The van der Waals surface area contributed by atoms with E-state index in [4.69, 9.17) is 5.73 Å². The van der Waals surface area contributed by atoms with Crippen LogP contribution in [0.25, 0.3) is 0 Å². The molecule has 1 aliphatic carbocycles. The summed E-state index contributed by atoms with van der Waals surface area (Å²) >= 11 is 0. The molecule has 3 N–H and O–H groups in total. The summed E-state index contributed by atoms with van der Waals surface area (Å²) in [4.78, 5) is 12.7. The van der Waals surface area contributed by atoms with Crippen LogP contribution in [0.1, 0.15) is 40.6 Å². The van der Waals surface area contributed by atoms with Gasteiger partial charge in [0.2, 0.25) is 5.91 Å². The van der Waals surface area contributed by atoms with Crippen molar-refractivity contribution in [3.63, 3.8) is 0 Å². The molecule has 2 aromatic carbocycles. The van der Waals surface area contributed by atoms with Crippen molar-refractivity contribution >= 4 is 11.7 Å². The monoisotopic (exact) mass is 346 g/mol. The summed E-state index contributed by atoms with van der Waals surface area (Å²) in [6, 6.07) is 17.9. The Kier molecular flexibility index (Phi) is 4.31. The molecule has 26 heavy (non-hydrogen) atoms. The van der Waals surface area contributed by atoms with Crippen LogP contribution >= 0.6 is 0 Å². The first-order valence-corrected chi connectivity index (χ1v) is 8.85. The first-order chi connectivity index (χ1) is 12.6. The molecule has 4 rings (SSSR count). The number of carbonyl (C=O) groups is 1. The number of benzene rings is 2. The summed E-state index contributed by atoms with van der Waals surface area (Å²) in [5.74, 6) is 0.302. The van der Waals surface area contributed by atoms with E-state index in [9.17, 15) is 4.79 Å². The Bertz CT molecular complexity index is 946. The Balaban J connectivity index is 1.46. The van der Waals surface area contributed by atoms with Gasteiger partial charge in [-0.15, -0.1) is 0 Å². The lowest BCUT2D eigenvalue weighted by Crippen LogP contribution is -2.20. The van der Waals surface area contributed by atoms with E-state index in [1.807, 2.05) is 53.3 Å². The third kappa shape index (κ3) is 3.13. The number of anilines is 1. The molecule has 1 aliphatic rings. The molecule has 3 aromatic rings. The molecule has 0 fully saturated rings. The molecule has 5 nitrogen and oxygen atoms in total. The zero-order chi connectivity index (χ0) is 18.1. The lowest BCUT2D eigenvalue weighted by Gasteiger charge is -2.11. The van der Waals surface area contributed by atoms with Gasteiger partial charge in [-0.25, -0.2) is 0 Å². The van der Waals surface area contributed by atoms with Crippen molar-refractivity contribution in [1.29, 1.82) is 0 Å². The van der Waals surface area contributed by atoms with Crippen LogP contribution in [0.4, 0.5) is 5.82 Å². The van der Waals surface area contributed by atoms with Gasteiger partial charge in [0.15, 0.2) is 5.82 Å². The maximum absolute atomic E-state index is 12.7. The topological polar surface area (TPSA) is 72.9 Å². The first kappa shape index (κ1) is 16.5. The van der Waals surface area contributed by atoms with E-state index in [2.05, 4.69) is 29.5 Å². The van der Waals surface area contributed by atoms with E-state index in [1.54, 1.807) is 0 Å². The molecule has 0 bridgehead atoms. The molecule has 5 heteroatoms. The van der Waals surface area contributed by atoms with Crippen LogP contribution in [-0.4, -0.2) is 15.7 Å². The third-order valence-electron chi connectivity index (χ3n) is 5.06. The van der Waals surface area contributed by atoms with E-state index in [1.165, 1.54) is 11.1 Å². The van der Waals surface area contributed by atoms with Gasteiger partial charge in [-0.2, -0.15) is 5.10 Å². The number of carbonyl (C=O) groups excluding carboxylic acids is 1. The van der Waals surface area contributed by atoms with Crippen LogP contribution in [0.3, 0.4) is 0 Å². The molecule has 0 saturated heterocycles. The van der Waals surface area contributed by atoms with Crippen molar-refractivity contribution in [3.05, 3.63) is 83.0 Å². The number of hydrogen-bond donors (Lipinski definition) is 2. The molecule has 0 aliphatic heterocycles. The second-order valence-electron chi connectivity index (χ2n) is 6.84. The highest BCUT2D eigenvalue weighted by atomic mass is 16.2. The van der Waals surface area contributed by atoms with Gasteiger partial charge in [0.1, 0.15) is 0 Å². The average molecular weight is 346 g/mol. The van der Waals surface area contributed by atoms with E-state index >= 15 is 0 Å². The quantitative estimate of drug-likeness (QED) is 0.761. The average Bonchev–Trinajstić information content (AvgIpc) is 3.22. The zero-order valence-electron chi connectivity index (χ0n) is 14.7. The standard InChI is InChI=1S/C21H22N4O/c1-14-6-2-3-7-15(14)13-25-11-10-20(24-25)23-21(26)18-12-19(22)17-9-5-4-8-16(17)18/h2-11,18-19H,12-13,22H2,1H3,(H,23,24,26). The second-order valence-corrected chi connectivity index (χ2v) is 6.84. The van der Waals surface area contributed by atoms with Crippen molar-refractivity contribution in [2.24, 2.45) is 5.73 Å². The maximum atomic E-state index is 12.7. The highest BCUT2D eigenvalue weighted by Crippen LogP contribution is 2.39. The minimum Gasteiger partial charge on any atom is -0.324 e. The molecule has 2 unspecified atom stereocenters. The SMILES string of the molecule is Cc1ccccc1Cn1ccc(NC(=O)C2CC(N)c3ccccc32)n1. The molecule has 0 radical (unpaired) electrons. The lowest BCUT2D eigenvalue weighted by atomic mass is 10.0. The summed E-state index contributed by atoms with van der Waals surface area (Å²) in [6.07, 6.45) is 2.52. The van der Waals surface area contributed by atoms with Gasteiger partial charge >= 0.3 is 0 Å². The van der Waals surface area contributed by atoms with Crippen molar-refractivity contribution in [1.82, 2.24) is 9.78 Å². The van der Waals surface area contributed by atoms with E-state index in [0.29, 0.717) is 18.8 Å². The summed E-state index contributed by atoms with van der Waals surface area (Å²) in [5.41, 5.74) is 10.7. The van der Waals surface area contributed by atoms with Crippen molar-refractivity contribution in [3.8, 4) is 0 Å². The van der Waals surface area contributed by atoms with Gasteiger partial charge < -0.3 is 11.1 Å². The van der Waals surface area contributed by atoms with Gasteiger partial charge in [0.05, 0.1) is 12.5 Å². The smallest absolute Gasteiger partial charge is 0.233 e. The van der Waals surface area contributed by atoms with E-state index in [-0.39, 0.29) is 17.9 Å². The Hall–Kier alpha value is -2.92. The molecule has 0 spiro atoms. The van der Waals surface area contributed by atoms with E-state index in [0.717, 1.165) is 11.1 Å². The Labute approximate surface area is 152 Å². The van der Waals surface area contributed by atoms with Gasteiger partial charge in [0, 0.05) is 18.3 Å². The number of amides is 1. The van der Waals surface area contributed by atoms with Crippen LogP contribution in [0.2, 0.25) is 0 Å². The lowest BCUT2D eigenvalue weighted by molar-refractivity contribution is -0.117. The molecule has 1 heterocycles. The zero-order valence-corrected chi connectivity index (χ0v) is 14.7. The number of aromatic nitrogens is 2. The summed E-state index contributed by atoms with van der Waals surface area (Å²) in [5, 5.41) is 7.43. The van der Waals surface area contributed by atoms with Crippen LogP contribution in [-0.2, 0) is 11.3 Å². The molecule has 1 amide bonds.